The topological polar surface area (TPSA) is 78.0 Å². The summed E-state index contributed by atoms with van der Waals surface area (Å²) in [6.45, 7) is 3.93. The third-order valence-corrected chi connectivity index (χ3v) is 3.86. The number of hydrogen-bond acceptors (Lipinski definition) is 4. The second-order valence-electron chi connectivity index (χ2n) is 4.37. The van der Waals surface area contributed by atoms with Crippen molar-refractivity contribution in [3.8, 4) is 5.69 Å². The van der Waals surface area contributed by atoms with Crippen LogP contribution in [0.1, 0.15) is 11.1 Å². The first-order chi connectivity index (χ1) is 8.30. The largest absolute Gasteiger partial charge is 0.382 e. The lowest BCUT2D eigenvalue weighted by atomic mass is 10.1. The number of rotatable bonds is 2. The van der Waals surface area contributed by atoms with Crippen LogP contribution < -0.4 is 5.73 Å². The fraction of sp³-hybridized carbons (Fsp3) is 0.250. The van der Waals surface area contributed by atoms with E-state index in [0.717, 1.165) is 23.1 Å². The Morgan fingerprint density at radius 3 is 2.44 bits per heavy atom. The van der Waals surface area contributed by atoms with Gasteiger partial charge in [-0.1, -0.05) is 17.7 Å². The zero-order valence-corrected chi connectivity index (χ0v) is 11.3. The van der Waals surface area contributed by atoms with E-state index < -0.39 is 9.84 Å². The molecule has 96 valence electrons. The predicted molar refractivity (Wildman–Crippen MR) is 70.6 cm³/mol. The molecule has 0 unspecified atom stereocenters. The third kappa shape index (κ3) is 2.11. The van der Waals surface area contributed by atoms with Crippen molar-refractivity contribution in [2.45, 2.75) is 18.7 Å². The Morgan fingerprint density at radius 1 is 1.28 bits per heavy atom. The molecule has 2 rings (SSSR count). The maximum atomic E-state index is 11.5. The first kappa shape index (κ1) is 12.6. The van der Waals surface area contributed by atoms with Gasteiger partial charge in [-0.15, -0.1) is 0 Å². The molecule has 0 amide bonds. The lowest BCUT2D eigenvalue weighted by Crippen LogP contribution is -2.06. The van der Waals surface area contributed by atoms with E-state index in [1.807, 2.05) is 32.0 Å². The summed E-state index contributed by atoms with van der Waals surface area (Å²) in [4.78, 5) is 0.0578. The minimum absolute atomic E-state index is 0.0578. The molecular weight excluding hydrogens is 250 g/mol. The fourth-order valence-corrected chi connectivity index (χ4v) is 2.57. The van der Waals surface area contributed by atoms with Crippen LogP contribution in [0.15, 0.2) is 29.3 Å². The van der Waals surface area contributed by atoms with Crippen LogP contribution in [0.4, 0.5) is 5.82 Å². The molecule has 0 fully saturated rings. The first-order valence-corrected chi connectivity index (χ1v) is 7.31. The molecule has 0 aliphatic carbocycles. The zero-order valence-electron chi connectivity index (χ0n) is 10.5. The molecule has 1 aromatic carbocycles. The van der Waals surface area contributed by atoms with E-state index in [0.29, 0.717) is 0 Å². The number of nitrogens with two attached hydrogens (primary N) is 1. The highest BCUT2D eigenvalue weighted by atomic mass is 32.2. The Morgan fingerprint density at radius 2 is 1.94 bits per heavy atom. The van der Waals surface area contributed by atoms with Gasteiger partial charge in [0.25, 0.3) is 0 Å². The fourth-order valence-electron chi connectivity index (χ4n) is 1.86. The molecule has 1 aromatic heterocycles. The highest BCUT2D eigenvalue weighted by molar-refractivity contribution is 7.90. The van der Waals surface area contributed by atoms with Gasteiger partial charge in [0.2, 0.25) is 0 Å². The summed E-state index contributed by atoms with van der Waals surface area (Å²) in [6, 6.07) is 5.81. The Kier molecular flexibility index (Phi) is 2.90. The Hall–Kier alpha value is -1.82. The molecule has 5 nitrogen and oxygen atoms in total. The van der Waals surface area contributed by atoms with Gasteiger partial charge in [-0.25, -0.2) is 13.1 Å². The van der Waals surface area contributed by atoms with E-state index in [1.54, 1.807) is 0 Å². The number of nitrogen functional groups attached to an aromatic ring is 1. The quantitative estimate of drug-likeness (QED) is 0.892. The van der Waals surface area contributed by atoms with Crippen LogP contribution in [-0.2, 0) is 9.84 Å². The number of aromatic nitrogens is 2. The predicted octanol–water partition coefficient (Wildman–Crippen LogP) is 1.47. The number of hydrogen-bond donors (Lipinski definition) is 1. The van der Waals surface area contributed by atoms with E-state index in [4.69, 9.17) is 5.73 Å². The van der Waals surface area contributed by atoms with Gasteiger partial charge in [0.1, 0.15) is 10.7 Å². The van der Waals surface area contributed by atoms with Crippen molar-refractivity contribution in [1.29, 1.82) is 0 Å². The van der Waals surface area contributed by atoms with Gasteiger partial charge < -0.3 is 5.73 Å². The van der Waals surface area contributed by atoms with Crippen LogP contribution >= 0.6 is 0 Å². The summed E-state index contributed by atoms with van der Waals surface area (Å²) in [5.41, 5.74) is 8.76. The average Bonchev–Trinajstić information content (AvgIpc) is 2.60. The number of anilines is 1. The molecule has 0 aliphatic rings. The molecule has 18 heavy (non-hydrogen) atoms. The van der Waals surface area contributed by atoms with Gasteiger partial charge in [-0.3, -0.25) is 0 Å². The smallest absolute Gasteiger partial charge is 0.180 e. The summed E-state index contributed by atoms with van der Waals surface area (Å²) in [5.74, 6) is 0.143. The molecule has 2 aromatic rings. The van der Waals surface area contributed by atoms with Crippen molar-refractivity contribution in [1.82, 2.24) is 9.78 Å². The molecule has 1 heterocycles. The molecule has 0 atom stereocenters. The van der Waals surface area contributed by atoms with Crippen molar-refractivity contribution in [2.75, 3.05) is 12.0 Å². The summed E-state index contributed by atoms with van der Waals surface area (Å²) in [7, 11) is -3.35. The highest BCUT2D eigenvalue weighted by Crippen LogP contribution is 2.23. The molecule has 0 saturated carbocycles. The second kappa shape index (κ2) is 4.13. The summed E-state index contributed by atoms with van der Waals surface area (Å²) >= 11 is 0. The standard InChI is InChI=1S/C12H15N3O2S/c1-8-4-5-10(9(2)6-8)15-12(13)11(7-14-15)18(3,16)17/h4-7H,13H2,1-3H3. The molecule has 0 spiro atoms. The minimum atomic E-state index is -3.35. The van der Waals surface area contributed by atoms with Crippen LogP contribution in [0.25, 0.3) is 5.69 Å². The van der Waals surface area contributed by atoms with Crippen molar-refractivity contribution in [3.05, 3.63) is 35.5 Å². The number of aryl methyl sites for hydroxylation is 2. The zero-order chi connectivity index (χ0) is 13.5. The van der Waals surface area contributed by atoms with Gasteiger partial charge >= 0.3 is 0 Å². The molecular formula is C12H15N3O2S. The van der Waals surface area contributed by atoms with Crippen molar-refractivity contribution >= 4 is 15.7 Å². The van der Waals surface area contributed by atoms with Gasteiger partial charge in [-0.05, 0) is 25.5 Å². The van der Waals surface area contributed by atoms with Crippen LogP contribution in [0.3, 0.4) is 0 Å². The Labute approximate surface area is 106 Å². The number of nitrogens with zero attached hydrogens (tertiary/aromatic N) is 2. The molecule has 2 N–H and O–H groups in total. The van der Waals surface area contributed by atoms with Gasteiger partial charge in [-0.2, -0.15) is 5.10 Å². The first-order valence-electron chi connectivity index (χ1n) is 5.42. The van der Waals surface area contributed by atoms with Gasteiger partial charge in [0.05, 0.1) is 11.9 Å². The van der Waals surface area contributed by atoms with Crippen molar-refractivity contribution in [3.63, 3.8) is 0 Å². The number of benzene rings is 1. The van der Waals surface area contributed by atoms with E-state index in [1.165, 1.54) is 10.9 Å². The van der Waals surface area contributed by atoms with Gasteiger partial charge in [0, 0.05) is 6.26 Å². The van der Waals surface area contributed by atoms with Crippen molar-refractivity contribution < 1.29 is 8.42 Å². The summed E-state index contributed by atoms with van der Waals surface area (Å²) in [6.07, 6.45) is 2.40. The van der Waals surface area contributed by atoms with E-state index in [-0.39, 0.29) is 10.7 Å². The van der Waals surface area contributed by atoms with Crippen LogP contribution in [-0.4, -0.2) is 24.5 Å². The van der Waals surface area contributed by atoms with Crippen molar-refractivity contribution in [2.24, 2.45) is 0 Å². The summed E-state index contributed by atoms with van der Waals surface area (Å²) in [5, 5.41) is 4.06. The molecule has 0 saturated heterocycles. The number of sulfone groups is 1. The van der Waals surface area contributed by atoms with E-state index in [9.17, 15) is 8.42 Å². The second-order valence-corrected chi connectivity index (χ2v) is 6.35. The normalized spacial score (nSPS) is 11.7. The van der Waals surface area contributed by atoms with Crippen LogP contribution in [0.2, 0.25) is 0 Å². The molecule has 0 aliphatic heterocycles. The van der Waals surface area contributed by atoms with Crippen LogP contribution in [0, 0.1) is 13.8 Å². The lowest BCUT2D eigenvalue weighted by Gasteiger charge is -2.08. The third-order valence-electron chi connectivity index (χ3n) is 2.75. The average molecular weight is 265 g/mol. The highest BCUT2D eigenvalue weighted by Gasteiger charge is 2.18. The maximum Gasteiger partial charge on any atom is 0.180 e. The summed E-state index contributed by atoms with van der Waals surface area (Å²) < 4.78 is 24.5. The Bertz CT molecular complexity index is 702. The SMILES string of the molecule is Cc1ccc(-n2ncc(S(C)(=O)=O)c2N)c(C)c1. The molecule has 0 radical (unpaired) electrons. The van der Waals surface area contributed by atoms with E-state index in [2.05, 4.69) is 5.10 Å². The monoisotopic (exact) mass is 265 g/mol. The lowest BCUT2D eigenvalue weighted by molar-refractivity contribution is 0.602. The Balaban J connectivity index is 2.63. The molecule has 0 bridgehead atoms. The van der Waals surface area contributed by atoms with Crippen LogP contribution in [0.5, 0.6) is 0 Å². The minimum Gasteiger partial charge on any atom is -0.382 e. The maximum absolute atomic E-state index is 11.5. The van der Waals surface area contributed by atoms with Gasteiger partial charge in [0.15, 0.2) is 9.84 Å². The molecule has 6 heteroatoms. The van der Waals surface area contributed by atoms with E-state index >= 15 is 0 Å².